The summed E-state index contributed by atoms with van der Waals surface area (Å²) in [6.45, 7) is 0.742. The second-order valence-corrected chi connectivity index (χ2v) is 7.57. The van der Waals surface area contributed by atoms with Crippen molar-refractivity contribution in [2.75, 3.05) is 0 Å². The molecule has 1 aromatic carbocycles. The lowest BCUT2D eigenvalue weighted by Gasteiger charge is -2.12. The highest BCUT2D eigenvalue weighted by molar-refractivity contribution is 9.11. The molecular formula is C16H17BrOS. The second-order valence-electron chi connectivity index (χ2n) is 5.07. The average Bonchev–Trinajstić information content (AvgIpc) is 3.06. The fourth-order valence-electron chi connectivity index (χ4n) is 2.69. The van der Waals surface area contributed by atoms with Gasteiger partial charge in [0.25, 0.3) is 0 Å². The van der Waals surface area contributed by atoms with Gasteiger partial charge in [0.2, 0.25) is 0 Å². The molecule has 1 saturated carbocycles. The van der Waals surface area contributed by atoms with Crippen LogP contribution >= 0.6 is 27.3 Å². The van der Waals surface area contributed by atoms with Gasteiger partial charge in [-0.3, -0.25) is 0 Å². The molecule has 100 valence electrons. The summed E-state index contributed by atoms with van der Waals surface area (Å²) in [4.78, 5) is 1.50. The zero-order valence-corrected chi connectivity index (χ0v) is 13.1. The molecule has 1 nitrogen and oxygen atoms in total. The van der Waals surface area contributed by atoms with Crippen LogP contribution in [0.25, 0.3) is 0 Å². The molecule has 0 spiro atoms. The maximum Gasteiger partial charge on any atom is 0.0720 e. The zero-order valence-electron chi connectivity index (χ0n) is 10.7. The largest absolute Gasteiger partial charge is 0.374 e. The summed E-state index contributed by atoms with van der Waals surface area (Å²) in [5, 5.41) is 0. The first-order valence-corrected chi connectivity index (χ1v) is 8.33. The number of benzene rings is 1. The predicted molar refractivity (Wildman–Crippen MR) is 83.6 cm³/mol. The third kappa shape index (κ3) is 3.47. The molecule has 2 unspecified atom stereocenters. The van der Waals surface area contributed by atoms with Gasteiger partial charge in [0.15, 0.2) is 0 Å². The molecule has 1 heterocycles. The Morgan fingerprint density at radius 2 is 1.95 bits per heavy atom. The van der Waals surface area contributed by atoms with E-state index in [2.05, 4.69) is 52.3 Å². The van der Waals surface area contributed by atoms with E-state index in [1.807, 2.05) is 17.4 Å². The van der Waals surface area contributed by atoms with Gasteiger partial charge in [0.1, 0.15) is 0 Å². The number of halogens is 1. The standard InChI is InChI=1S/C16H17BrOS/c17-16-9-8-15(19-16)13-6-7-14(10-13)18-11-12-4-2-1-3-5-12/h1-5,8-9,13-14H,6-7,10-11H2. The molecule has 0 amide bonds. The SMILES string of the molecule is Brc1ccc(C2CCC(OCc3ccccc3)C2)s1. The number of thiophene rings is 1. The predicted octanol–water partition coefficient (Wildman–Crippen LogP) is 5.36. The van der Waals surface area contributed by atoms with Crippen LogP contribution in [0.3, 0.4) is 0 Å². The van der Waals surface area contributed by atoms with Gasteiger partial charge >= 0.3 is 0 Å². The molecule has 3 rings (SSSR count). The lowest BCUT2D eigenvalue weighted by Crippen LogP contribution is -2.08. The highest BCUT2D eigenvalue weighted by atomic mass is 79.9. The van der Waals surface area contributed by atoms with E-state index in [1.54, 1.807) is 0 Å². The zero-order chi connectivity index (χ0) is 13.1. The molecule has 2 aromatic rings. The molecule has 0 aliphatic heterocycles. The Morgan fingerprint density at radius 1 is 1.11 bits per heavy atom. The van der Waals surface area contributed by atoms with Crippen LogP contribution in [0.4, 0.5) is 0 Å². The average molecular weight is 337 g/mol. The second kappa shape index (κ2) is 6.21. The van der Waals surface area contributed by atoms with Crippen molar-refractivity contribution in [1.82, 2.24) is 0 Å². The monoisotopic (exact) mass is 336 g/mol. The summed E-state index contributed by atoms with van der Waals surface area (Å²) in [5.74, 6) is 0.692. The van der Waals surface area contributed by atoms with Gasteiger partial charge in [0, 0.05) is 4.88 Å². The molecule has 0 saturated heterocycles. The molecule has 1 fully saturated rings. The van der Waals surface area contributed by atoms with E-state index in [9.17, 15) is 0 Å². The van der Waals surface area contributed by atoms with Gasteiger partial charge in [-0.25, -0.2) is 0 Å². The Morgan fingerprint density at radius 3 is 2.68 bits per heavy atom. The van der Waals surface area contributed by atoms with Crippen molar-refractivity contribution < 1.29 is 4.74 Å². The van der Waals surface area contributed by atoms with Crippen LogP contribution in [0, 0.1) is 0 Å². The molecule has 1 aliphatic carbocycles. The van der Waals surface area contributed by atoms with Crippen LogP contribution in [0.2, 0.25) is 0 Å². The van der Waals surface area contributed by atoms with Crippen molar-refractivity contribution in [3.63, 3.8) is 0 Å². The summed E-state index contributed by atoms with van der Waals surface area (Å²) in [7, 11) is 0. The minimum Gasteiger partial charge on any atom is -0.374 e. The Kier molecular flexibility index (Phi) is 4.36. The fraction of sp³-hybridized carbons (Fsp3) is 0.375. The van der Waals surface area contributed by atoms with Crippen molar-refractivity contribution in [2.45, 2.75) is 37.9 Å². The fourth-order valence-corrected chi connectivity index (χ4v) is 4.26. The lowest BCUT2D eigenvalue weighted by molar-refractivity contribution is 0.0448. The Balaban J connectivity index is 1.52. The highest BCUT2D eigenvalue weighted by Crippen LogP contribution is 2.40. The molecule has 0 N–H and O–H groups in total. The van der Waals surface area contributed by atoms with Gasteiger partial charge in [0.05, 0.1) is 16.5 Å². The molecule has 19 heavy (non-hydrogen) atoms. The lowest BCUT2D eigenvalue weighted by atomic mass is 10.1. The third-order valence-corrected chi connectivity index (χ3v) is 5.50. The van der Waals surface area contributed by atoms with E-state index in [0.29, 0.717) is 12.0 Å². The first-order valence-electron chi connectivity index (χ1n) is 6.72. The Labute approximate surface area is 126 Å². The van der Waals surface area contributed by atoms with Gasteiger partial charge < -0.3 is 4.74 Å². The van der Waals surface area contributed by atoms with E-state index in [1.165, 1.54) is 33.5 Å². The van der Waals surface area contributed by atoms with Gasteiger partial charge in [-0.2, -0.15) is 0 Å². The third-order valence-electron chi connectivity index (χ3n) is 3.71. The van der Waals surface area contributed by atoms with Crippen LogP contribution in [-0.2, 0) is 11.3 Å². The topological polar surface area (TPSA) is 9.23 Å². The summed E-state index contributed by atoms with van der Waals surface area (Å²) < 4.78 is 7.27. The van der Waals surface area contributed by atoms with Crippen LogP contribution < -0.4 is 0 Å². The summed E-state index contributed by atoms with van der Waals surface area (Å²) in [6, 6.07) is 14.8. The van der Waals surface area contributed by atoms with Crippen molar-refractivity contribution in [3.05, 3.63) is 56.7 Å². The highest BCUT2D eigenvalue weighted by Gasteiger charge is 2.27. The van der Waals surface area contributed by atoms with Gasteiger partial charge in [-0.1, -0.05) is 30.3 Å². The molecule has 0 bridgehead atoms. The normalized spacial score (nSPS) is 22.8. The van der Waals surface area contributed by atoms with Crippen molar-refractivity contribution in [2.24, 2.45) is 0 Å². The number of ether oxygens (including phenoxy) is 1. The van der Waals surface area contributed by atoms with E-state index >= 15 is 0 Å². The first kappa shape index (κ1) is 13.3. The van der Waals surface area contributed by atoms with Crippen LogP contribution in [0.5, 0.6) is 0 Å². The van der Waals surface area contributed by atoms with Crippen molar-refractivity contribution in [1.29, 1.82) is 0 Å². The van der Waals surface area contributed by atoms with Crippen molar-refractivity contribution in [3.8, 4) is 0 Å². The van der Waals surface area contributed by atoms with Crippen LogP contribution in [-0.4, -0.2) is 6.10 Å². The minimum absolute atomic E-state index is 0.422. The van der Waals surface area contributed by atoms with E-state index in [4.69, 9.17) is 4.74 Å². The van der Waals surface area contributed by atoms with E-state index < -0.39 is 0 Å². The number of hydrogen-bond donors (Lipinski definition) is 0. The summed E-state index contributed by atoms with van der Waals surface area (Å²) >= 11 is 5.41. The molecule has 1 aliphatic rings. The van der Waals surface area contributed by atoms with E-state index in [-0.39, 0.29) is 0 Å². The van der Waals surface area contributed by atoms with Crippen LogP contribution in [0.1, 0.15) is 35.6 Å². The molecule has 3 heteroatoms. The molecule has 2 atom stereocenters. The minimum atomic E-state index is 0.422. The smallest absolute Gasteiger partial charge is 0.0720 e. The number of hydrogen-bond acceptors (Lipinski definition) is 2. The Bertz CT molecular complexity index is 523. The maximum absolute atomic E-state index is 6.04. The van der Waals surface area contributed by atoms with Gasteiger partial charge in [-0.05, 0) is 58.8 Å². The van der Waals surface area contributed by atoms with E-state index in [0.717, 1.165) is 6.61 Å². The van der Waals surface area contributed by atoms with Crippen molar-refractivity contribution >= 4 is 27.3 Å². The number of rotatable bonds is 4. The molecular weight excluding hydrogens is 320 g/mol. The molecule has 0 radical (unpaired) electrons. The van der Waals surface area contributed by atoms with Crippen LogP contribution in [0.15, 0.2) is 46.3 Å². The Hall–Kier alpha value is -0.640. The quantitative estimate of drug-likeness (QED) is 0.729. The van der Waals surface area contributed by atoms with Gasteiger partial charge in [-0.15, -0.1) is 11.3 Å². The summed E-state index contributed by atoms with van der Waals surface area (Å²) in [6.07, 6.45) is 4.03. The first-order chi connectivity index (χ1) is 9.31. The maximum atomic E-state index is 6.04. The molecule has 1 aromatic heterocycles. The summed E-state index contributed by atoms with van der Waals surface area (Å²) in [5.41, 5.74) is 1.27.